The van der Waals surface area contributed by atoms with Gasteiger partial charge in [-0.3, -0.25) is 0 Å². The van der Waals surface area contributed by atoms with Gasteiger partial charge >= 0.3 is 0 Å². The van der Waals surface area contributed by atoms with Crippen molar-refractivity contribution in [2.45, 2.75) is 25.7 Å². The Hall–Kier alpha value is -0.530. The van der Waals surface area contributed by atoms with Gasteiger partial charge in [0, 0.05) is 5.02 Å². The highest BCUT2D eigenvalue weighted by Gasteiger charge is 2.32. The van der Waals surface area contributed by atoms with Crippen LogP contribution in [0.1, 0.15) is 31.2 Å². The zero-order valence-corrected chi connectivity index (χ0v) is 9.93. The van der Waals surface area contributed by atoms with E-state index >= 15 is 0 Å². The lowest BCUT2D eigenvalue weighted by molar-refractivity contribution is 0.247. The Balaban J connectivity index is 2.02. The first-order valence-corrected chi connectivity index (χ1v) is 6.16. The van der Waals surface area contributed by atoms with Crippen molar-refractivity contribution in [3.8, 4) is 0 Å². The number of rotatable bonds is 4. The molecule has 2 atom stereocenters. The van der Waals surface area contributed by atoms with E-state index in [1.807, 2.05) is 12.1 Å². The molecule has 0 spiro atoms. The molecular formula is C13H18ClN. The fourth-order valence-electron chi connectivity index (χ4n) is 2.33. The van der Waals surface area contributed by atoms with E-state index in [0.29, 0.717) is 5.92 Å². The van der Waals surface area contributed by atoms with Gasteiger partial charge in [0.25, 0.3) is 0 Å². The second kappa shape index (κ2) is 5.00. The molecule has 1 N–H and O–H groups in total. The first kappa shape index (κ1) is 11.0. The van der Waals surface area contributed by atoms with Crippen LogP contribution < -0.4 is 5.32 Å². The van der Waals surface area contributed by atoms with E-state index in [2.05, 4.69) is 24.4 Å². The zero-order valence-electron chi connectivity index (χ0n) is 9.17. The monoisotopic (exact) mass is 223 g/mol. The number of benzene rings is 1. The van der Waals surface area contributed by atoms with Crippen LogP contribution in [-0.2, 0) is 0 Å². The standard InChI is InChI=1S/C13H18ClN/c1-2-15-9-10-7-8-11(10)12-5-3-4-6-13(12)14/h3-6,10-11,15H,2,7-9H2,1H3. The molecule has 15 heavy (non-hydrogen) atoms. The predicted molar refractivity (Wildman–Crippen MR) is 65.5 cm³/mol. The molecule has 1 aromatic carbocycles. The number of nitrogens with one attached hydrogen (secondary N) is 1. The fraction of sp³-hybridized carbons (Fsp3) is 0.538. The molecule has 1 saturated carbocycles. The van der Waals surface area contributed by atoms with Gasteiger partial charge in [0.1, 0.15) is 0 Å². The summed E-state index contributed by atoms with van der Waals surface area (Å²) in [6, 6.07) is 8.26. The van der Waals surface area contributed by atoms with E-state index in [9.17, 15) is 0 Å². The molecule has 82 valence electrons. The van der Waals surface area contributed by atoms with E-state index < -0.39 is 0 Å². The molecule has 1 nitrogen and oxygen atoms in total. The summed E-state index contributed by atoms with van der Waals surface area (Å²) in [5.74, 6) is 1.46. The summed E-state index contributed by atoms with van der Waals surface area (Å²) >= 11 is 6.21. The lowest BCUT2D eigenvalue weighted by Crippen LogP contribution is -2.33. The van der Waals surface area contributed by atoms with Crippen molar-refractivity contribution in [3.05, 3.63) is 34.9 Å². The van der Waals surface area contributed by atoms with Gasteiger partial charge in [-0.25, -0.2) is 0 Å². The molecule has 1 aromatic rings. The molecule has 0 aromatic heterocycles. The number of hydrogen-bond donors (Lipinski definition) is 1. The third-order valence-electron chi connectivity index (χ3n) is 3.38. The van der Waals surface area contributed by atoms with Gasteiger partial charge in [-0.05, 0) is 49.4 Å². The molecule has 0 heterocycles. The van der Waals surface area contributed by atoms with Crippen molar-refractivity contribution >= 4 is 11.6 Å². The van der Waals surface area contributed by atoms with Crippen molar-refractivity contribution in [3.63, 3.8) is 0 Å². The molecule has 2 unspecified atom stereocenters. The van der Waals surface area contributed by atoms with Gasteiger partial charge in [0.05, 0.1) is 0 Å². The van der Waals surface area contributed by atoms with Crippen molar-refractivity contribution < 1.29 is 0 Å². The first-order valence-electron chi connectivity index (χ1n) is 5.78. The van der Waals surface area contributed by atoms with Gasteiger partial charge in [-0.1, -0.05) is 36.7 Å². The quantitative estimate of drug-likeness (QED) is 0.825. The molecule has 0 aliphatic heterocycles. The van der Waals surface area contributed by atoms with Crippen molar-refractivity contribution in [2.24, 2.45) is 5.92 Å². The zero-order chi connectivity index (χ0) is 10.7. The SMILES string of the molecule is CCNCC1CCC1c1ccccc1Cl. The number of halogens is 1. The average Bonchev–Trinajstić information content (AvgIpc) is 2.20. The van der Waals surface area contributed by atoms with Gasteiger partial charge in [0.15, 0.2) is 0 Å². The Labute approximate surface area is 96.8 Å². The highest BCUT2D eigenvalue weighted by Crippen LogP contribution is 2.44. The maximum Gasteiger partial charge on any atom is 0.0440 e. The smallest absolute Gasteiger partial charge is 0.0440 e. The molecule has 0 radical (unpaired) electrons. The fourth-order valence-corrected chi connectivity index (χ4v) is 2.60. The van der Waals surface area contributed by atoms with Gasteiger partial charge in [-0.2, -0.15) is 0 Å². The highest BCUT2D eigenvalue weighted by molar-refractivity contribution is 6.31. The Kier molecular flexibility index (Phi) is 3.66. The minimum atomic E-state index is 0.678. The molecule has 2 rings (SSSR count). The minimum absolute atomic E-state index is 0.678. The molecule has 1 aliphatic carbocycles. The van der Waals surface area contributed by atoms with E-state index in [1.54, 1.807) is 0 Å². The summed E-state index contributed by atoms with van der Waals surface area (Å²) in [5, 5.41) is 4.36. The summed E-state index contributed by atoms with van der Waals surface area (Å²) in [7, 11) is 0. The topological polar surface area (TPSA) is 12.0 Å². The van der Waals surface area contributed by atoms with Crippen LogP contribution in [0.2, 0.25) is 5.02 Å². The third kappa shape index (κ3) is 2.35. The van der Waals surface area contributed by atoms with E-state index in [0.717, 1.165) is 24.0 Å². The second-order valence-electron chi connectivity index (χ2n) is 4.27. The Bertz CT molecular complexity index is 324. The van der Waals surface area contributed by atoms with Crippen LogP contribution in [0.3, 0.4) is 0 Å². The highest BCUT2D eigenvalue weighted by atomic mass is 35.5. The number of hydrogen-bond acceptors (Lipinski definition) is 1. The van der Waals surface area contributed by atoms with Crippen LogP contribution in [0.15, 0.2) is 24.3 Å². The molecule has 2 heteroatoms. The molecule has 1 aliphatic rings. The van der Waals surface area contributed by atoms with E-state index in [4.69, 9.17) is 11.6 Å². The largest absolute Gasteiger partial charge is 0.317 e. The van der Waals surface area contributed by atoms with Gasteiger partial charge in [-0.15, -0.1) is 0 Å². The van der Waals surface area contributed by atoms with Crippen LogP contribution in [0.5, 0.6) is 0 Å². The molecule has 0 amide bonds. The first-order chi connectivity index (χ1) is 7.33. The van der Waals surface area contributed by atoms with Crippen LogP contribution in [0, 0.1) is 5.92 Å². The maximum absolute atomic E-state index is 6.21. The third-order valence-corrected chi connectivity index (χ3v) is 3.72. The normalized spacial score (nSPS) is 24.9. The average molecular weight is 224 g/mol. The maximum atomic E-state index is 6.21. The van der Waals surface area contributed by atoms with Gasteiger partial charge in [0.2, 0.25) is 0 Å². The second-order valence-corrected chi connectivity index (χ2v) is 4.68. The molecule has 0 bridgehead atoms. The summed E-state index contributed by atoms with van der Waals surface area (Å²) in [4.78, 5) is 0. The van der Waals surface area contributed by atoms with Gasteiger partial charge < -0.3 is 5.32 Å². The minimum Gasteiger partial charge on any atom is -0.317 e. The Morgan fingerprint density at radius 2 is 2.13 bits per heavy atom. The van der Waals surface area contributed by atoms with E-state index in [-0.39, 0.29) is 0 Å². The summed E-state index contributed by atoms with van der Waals surface area (Å²) in [5.41, 5.74) is 1.34. The molecule has 1 fully saturated rings. The lowest BCUT2D eigenvalue weighted by Gasteiger charge is -2.37. The van der Waals surface area contributed by atoms with Crippen LogP contribution in [0.25, 0.3) is 0 Å². The summed E-state index contributed by atoms with van der Waals surface area (Å²) in [6.07, 6.45) is 2.63. The Morgan fingerprint density at radius 3 is 2.73 bits per heavy atom. The molecular weight excluding hydrogens is 206 g/mol. The van der Waals surface area contributed by atoms with Crippen LogP contribution >= 0.6 is 11.6 Å². The predicted octanol–water partition coefficient (Wildman–Crippen LogP) is 3.44. The van der Waals surface area contributed by atoms with Crippen molar-refractivity contribution in [2.75, 3.05) is 13.1 Å². The van der Waals surface area contributed by atoms with Crippen LogP contribution in [0.4, 0.5) is 0 Å². The van der Waals surface area contributed by atoms with Crippen LogP contribution in [-0.4, -0.2) is 13.1 Å². The van der Waals surface area contributed by atoms with Crippen molar-refractivity contribution in [1.29, 1.82) is 0 Å². The van der Waals surface area contributed by atoms with Crippen molar-refractivity contribution in [1.82, 2.24) is 5.32 Å². The molecule has 0 saturated heterocycles. The lowest BCUT2D eigenvalue weighted by atomic mass is 9.70. The van der Waals surface area contributed by atoms with E-state index in [1.165, 1.54) is 18.4 Å². The summed E-state index contributed by atoms with van der Waals surface area (Å²) in [6.45, 7) is 4.35. The summed E-state index contributed by atoms with van der Waals surface area (Å²) < 4.78 is 0. The Morgan fingerprint density at radius 1 is 1.33 bits per heavy atom.